The third kappa shape index (κ3) is 1.76. The number of hydrogen-bond donors (Lipinski definition) is 0. The number of pyridine rings is 2. The Balaban J connectivity index is 1.77. The standard InChI is InChI=1S/C22H14N3P/c1-3-9-20-16(6-1)15-11-13-23-14-19(15)25-22-18(8-5-12-24-22)17-7-2-4-10-21(17)26(20)25/h1-14H. The van der Waals surface area contributed by atoms with Gasteiger partial charge in [-0.25, -0.2) is 4.98 Å². The van der Waals surface area contributed by atoms with Gasteiger partial charge in [-0.2, -0.15) is 0 Å². The molecule has 0 radical (unpaired) electrons. The first-order valence-electron chi connectivity index (χ1n) is 8.61. The van der Waals surface area contributed by atoms with Crippen molar-refractivity contribution in [2.45, 2.75) is 0 Å². The van der Waals surface area contributed by atoms with Gasteiger partial charge < -0.3 is 0 Å². The second-order valence-electron chi connectivity index (χ2n) is 6.43. The van der Waals surface area contributed by atoms with Crippen molar-refractivity contribution in [3.8, 4) is 22.3 Å². The third-order valence-corrected chi connectivity index (χ3v) is 7.56. The molecule has 0 spiro atoms. The van der Waals surface area contributed by atoms with Crippen molar-refractivity contribution in [1.82, 2.24) is 9.97 Å². The van der Waals surface area contributed by atoms with Gasteiger partial charge in [-0.3, -0.25) is 9.65 Å². The molecule has 1 atom stereocenters. The predicted molar refractivity (Wildman–Crippen MR) is 108 cm³/mol. The number of rotatable bonds is 0. The summed E-state index contributed by atoms with van der Waals surface area (Å²) in [5.41, 5.74) is 6.16. The fraction of sp³-hybridized carbons (Fsp3) is 0. The summed E-state index contributed by atoms with van der Waals surface area (Å²) in [5.74, 6) is 1.03. The first-order chi connectivity index (χ1) is 12.9. The molecule has 4 heteroatoms. The van der Waals surface area contributed by atoms with Gasteiger partial charge in [0.1, 0.15) is 5.82 Å². The molecule has 2 aromatic heterocycles. The highest BCUT2D eigenvalue weighted by Gasteiger charge is 2.39. The smallest absolute Gasteiger partial charge is 0.144 e. The van der Waals surface area contributed by atoms with Crippen LogP contribution in [0.1, 0.15) is 0 Å². The maximum absolute atomic E-state index is 4.79. The molecule has 122 valence electrons. The Morgan fingerprint density at radius 1 is 0.654 bits per heavy atom. The van der Waals surface area contributed by atoms with E-state index in [1.54, 1.807) is 0 Å². The number of aromatic nitrogens is 2. The van der Waals surface area contributed by atoms with Gasteiger partial charge in [-0.15, -0.1) is 0 Å². The van der Waals surface area contributed by atoms with Gasteiger partial charge in [0.2, 0.25) is 0 Å². The van der Waals surface area contributed by atoms with E-state index in [-0.39, 0.29) is 0 Å². The zero-order chi connectivity index (χ0) is 17.1. The number of benzene rings is 2. The number of anilines is 2. The van der Waals surface area contributed by atoms with Crippen LogP contribution in [0.3, 0.4) is 0 Å². The predicted octanol–water partition coefficient (Wildman–Crippen LogP) is 4.62. The van der Waals surface area contributed by atoms with E-state index in [1.165, 1.54) is 32.9 Å². The molecule has 4 heterocycles. The molecule has 4 aromatic rings. The fourth-order valence-electron chi connectivity index (χ4n) is 3.99. The minimum atomic E-state index is -0.720. The quantitative estimate of drug-likeness (QED) is 0.433. The molecule has 3 nitrogen and oxygen atoms in total. The summed E-state index contributed by atoms with van der Waals surface area (Å²) in [6, 6.07) is 23.8. The summed E-state index contributed by atoms with van der Waals surface area (Å²) >= 11 is 0. The van der Waals surface area contributed by atoms with Crippen LogP contribution in [-0.2, 0) is 0 Å². The monoisotopic (exact) mass is 351 g/mol. The lowest BCUT2D eigenvalue weighted by Gasteiger charge is -2.43. The van der Waals surface area contributed by atoms with Gasteiger partial charge in [-0.05, 0) is 29.3 Å². The first-order valence-corrected chi connectivity index (χ1v) is 9.91. The van der Waals surface area contributed by atoms with E-state index in [4.69, 9.17) is 4.98 Å². The molecule has 0 saturated carbocycles. The Bertz CT molecular complexity index is 987. The molecule has 2 aliphatic heterocycles. The average molecular weight is 351 g/mol. The van der Waals surface area contributed by atoms with E-state index < -0.39 is 8.07 Å². The largest absolute Gasteiger partial charge is 0.294 e. The lowest BCUT2D eigenvalue weighted by atomic mass is 10.0. The second kappa shape index (κ2) is 5.23. The summed E-state index contributed by atoms with van der Waals surface area (Å²) in [4.78, 5) is 9.22. The third-order valence-electron chi connectivity index (χ3n) is 5.06. The van der Waals surface area contributed by atoms with Gasteiger partial charge >= 0.3 is 0 Å². The van der Waals surface area contributed by atoms with Crippen molar-refractivity contribution < 1.29 is 0 Å². The molecule has 0 amide bonds. The maximum atomic E-state index is 4.79. The number of nitrogens with zero attached hydrogens (tertiary/aromatic N) is 3. The highest BCUT2D eigenvalue weighted by Crippen LogP contribution is 2.59. The Hall–Kier alpha value is -3.03. The van der Waals surface area contributed by atoms with E-state index in [0.717, 1.165) is 11.5 Å². The summed E-state index contributed by atoms with van der Waals surface area (Å²) in [6.07, 6.45) is 5.74. The van der Waals surface area contributed by atoms with Crippen LogP contribution in [0, 0.1) is 0 Å². The van der Waals surface area contributed by atoms with Crippen LogP contribution in [0.2, 0.25) is 0 Å². The van der Waals surface area contributed by atoms with Gasteiger partial charge in [-0.1, -0.05) is 48.5 Å². The molecular formula is C22H14N3P. The normalized spacial score (nSPS) is 16.0. The molecule has 0 bridgehead atoms. The Morgan fingerprint density at radius 3 is 2.15 bits per heavy atom. The van der Waals surface area contributed by atoms with Gasteiger partial charge in [0, 0.05) is 34.1 Å². The Kier molecular flexibility index (Phi) is 2.85. The molecular weight excluding hydrogens is 337 g/mol. The lowest BCUT2D eigenvalue weighted by Crippen LogP contribution is -2.34. The topological polar surface area (TPSA) is 29.0 Å². The van der Waals surface area contributed by atoms with E-state index in [2.05, 4.69) is 70.3 Å². The molecule has 6 rings (SSSR count). The van der Waals surface area contributed by atoms with Crippen LogP contribution in [0.25, 0.3) is 22.3 Å². The fourth-order valence-corrected chi connectivity index (χ4v) is 6.71. The molecule has 0 saturated heterocycles. The summed E-state index contributed by atoms with van der Waals surface area (Å²) in [5, 5.41) is 2.76. The molecule has 2 aromatic carbocycles. The molecule has 26 heavy (non-hydrogen) atoms. The molecule has 0 fully saturated rings. The SMILES string of the molecule is c1ccc2c(c1)-c1ccncc1N1c3ncccc3-c3ccccc3P21. The summed E-state index contributed by atoms with van der Waals surface area (Å²) in [6.45, 7) is 0. The Labute approximate surface area is 152 Å². The van der Waals surface area contributed by atoms with E-state index in [1.807, 2.05) is 24.7 Å². The van der Waals surface area contributed by atoms with Crippen LogP contribution in [0.4, 0.5) is 11.5 Å². The van der Waals surface area contributed by atoms with Crippen molar-refractivity contribution >= 4 is 30.2 Å². The minimum Gasteiger partial charge on any atom is -0.294 e. The number of fused-ring (bicyclic) bond motifs is 11. The zero-order valence-corrected chi connectivity index (χ0v) is 14.8. The van der Waals surface area contributed by atoms with Crippen molar-refractivity contribution in [3.05, 3.63) is 85.3 Å². The highest BCUT2D eigenvalue weighted by molar-refractivity contribution is 7.75. The summed E-state index contributed by atoms with van der Waals surface area (Å²) in [7, 11) is -0.720. The maximum Gasteiger partial charge on any atom is 0.144 e. The molecule has 0 aliphatic carbocycles. The number of hydrogen-bond acceptors (Lipinski definition) is 3. The van der Waals surface area contributed by atoms with Crippen molar-refractivity contribution in [2.24, 2.45) is 0 Å². The highest BCUT2D eigenvalue weighted by atomic mass is 31.1. The summed E-state index contributed by atoms with van der Waals surface area (Å²) < 4.78 is 2.41. The van der Waals surface area contributed by atoms with Crippen LogP contribution in [-0.4, -0.2) is 9.97 Å². The Morgan fingerprint density at radius 2 is 1.35 bits per heavy atom. The van der Waals surface area contributed by atoms with E-state index in [0.29, 0.717) is 0 Å². The van der Waals surface area contributed by atoms with Crippen molar-refractivity contribution in [3.63, 3.8) is 0 Å². The minimum absolute atomic E-state index is 0.720. The van der Waals surface area contributed by atoms with E-state index in [9.17, 15) is 0 Å². The van der Waals surface area contributed by atoms with Crippen molar-refractivity contribution in [1.29, 1.82) is 0 Å². The first kappa shape index (κ1) is 14.2. The van der Waals surface area contributed by atoms with Crippen LogP contribution in [0.15, 0.2) is 85.3 Å². The van der Waals surface area contributed by atoms with Crippen LogP contribution in [0.5, 0.6) is 0 Å². The lowest BCUT2D eigenvalue weighted by molar-refractivity contribution is 1.21. The van der Waals surface area contributed by atoms with E-state index >= 15 is 0 Å². The average Bonchev–Trinajstić information content (AvgIpc) is 2.73. The van der Waals surface area contributed by atoms with Crippen LogP contribution >= 0.6 is 8.07 Å². The molecule has 2 aliphatic rings. The molecule has 0 N–H and O–H groups in total. The zero-order valence-electron chi connectivity index (χ0n) is 13.9. The van der Waals surface area contributed by atoms with Crippen LogP contribution < -0.4 is 15.3 Å². The molecule has 1 unspecified atom stereocenters. The second-order valence-corrected chi connectivity index (χ2v) is 8.41. The van der Waals surface area contributed by atoms with Gasteiger partial charge in [0.25, 0.3) is 0 Å². The van der Waals surface area contributed by atoms with Gasteiger partial charge in [0.05, 0.1) is 20.0 Å². The van der Waals surface area contributed by atoms with Crippen molar-refractivity contribution in [2.75, 3.05) is 4.67 Å². The van der Waals surface area contributed by atoms with Gasteiger partial charge in [0.15, 0.2) is 0 Å².